The Morgan fingerprint density at radius 1 is 1.50 bits per heavy atom. The van der Waals surface area contributed by atoms with Gasteiger partial charge in [-0.25, -0.2) is 4.39 Å². The van der Waals surface area contributed by atoms with Gasteiger partial charge in [0.15, 0.2) is 0 Å². The first-order chi connectivity index (χ1) is 9.13. The number of benzene rings is 1. The van der Waals surface area contributed by atoms with Crippen molar-refractivity contribution in [3.05, 3.63) is 35.1 Å². The molecule has 1 N–H and O–H groups in total. The van der Waals surface area contributed by atoms with Gasteiger partial charge >= 0.3 is 0 Å². The Morgan fingerprint density at radius 3 is 2.80 bits per heavy atom. The molecule has 1 aliphatic rings. The van der Waals surface area contributed by atoms with Crippen molar-refractivity contribution in [2.24, 2.45) is 0 Å². The van der Waals surface area contributed by atoms with Crippen LogP contribution in [-0.2, 0) is 0 Å². The second-order valence-electron chi connectivity index (χ2n) is 5.13. The lowest BCUT2D eigenvalue weighted by atomic mass is 10.1. The van der Waals surface area contributed by atoms with E-state index in [2.05, 4.69) is 5.32 Å². The monoisotopic (exact) mass is 300 g/mol. The zero-order valence-corrected chi connectivity index (χ0v) is 12.8. The van der Waals surface area contributed by atoms with E-state index < -0.39 is 5.82 Å². The number of hydrogen-bond acceptors (Lipinski definition) is 2. The van der Waals surface area contributed by atoms with E-state index >= 15 is 0 Å². The van der Waals surface area contributed by atoms with Crippen LogP contribution in [0.1, 0.15) is 35.7 Å². The van der Waals surface area contributed by atoms with Crippen LogP contribution in [0.4, 0.5) is 4.39 Å². The molecular weight excluding hydrogens is 279 g/mol. The molecule has 1 unspecified atom stereocenters. The zero-order valence-electron chi connectivity index (χ0n) is 12.0. The summed E-state index contributed by atoms with van der Waals surface area (Å²) in [6.45, 7) is 6.27. The predicted molar refractivity (Wildman–Crippen MR) is 81.0 cm³/mol. The Labute approximate surface area is 125 Å². The van der Waals surface area contributed by atoms with E-state index in [1.165, 1.54) is 6.07 Å². The molecule has 5 heteroatoms. The molecule has 1 heterocycles. The number of halogens is 2. The predicted octanol–water partition coefficient (Wildman–Crippen LogP) is 2.77. The van der Waals surface area contributed by atoms with Crippen LogP contribution in [-0.4, -0.2) is 36.5 Å². The third-order valence-electron chi connectivity index (χ3n) is 3.56. The average Bonchev–Trinajstić information content (AvgIpc) is 2.89. The van der Waals surface area contributed by atoms with Crippen molar-refractivity contribution < 1.29 is 9.18 Å². The molecule has 1 atom stereocenters. The minimum Gasteiger partial charge on any atom is -0.334 e. The molecule has 0 saturated carbocycles. The smallest absolute Gasteiger partial charge is 0.257 e. The minimum atomic E-state index is -0.419. The molecule has 1 aromatic carbocycles. The highest BCUT2D eigenvalue weighted by atomic mass is 35.5. The normalized spacial score (nSPS) is 17.6. The standard InChI is InChI=1S/C15H21FN2O.ClH/c1-3-8-18(12-6-7-17-10-12)15(19)13-5-4-11(2)9-14(13)16;/h4-5,9,12,17H,3,6-8,10H2,1-2H3;1H. The third kappa shape index (κ3) is 3.70. The summed E-state index contributed by atoms with van der Waals surface area (Å²) in [5.41, 5.74) is 1.02. The van der Waals surface area contributed by atoms with Crippen molar-refractivity contribution >= 4 is 18.3 Å². The van der Waals surface area contributed by atoms with E-state index in [-0.39, 0.29) is 29.9 Å². The molecule has 1 saturated heterocycles. The van der Waals surface area contributed by atoms with Crippen LogP contribution in [0.5, 0.6) is 0 Å². The van der Waals surface area contributed by atoms with Gasteiger partial charge in [0.25, 0.3) is 5.91 Å². The average molecular weight is 301 g/mol. The Kier molecular flexibility index (Phi) is 6.43. The van der Waals surface area contributed by atoms with Gasteiger partial charge in [-0.3, -0.25) is 4.79 Å². The summed E-state index contributed by atoms with van der Waals surface area (Å²) >= 11 is 0. The van der Waals surface area contributed by atoms with Crippen molar-refractivity contribution in [1.29, 1.82) is 0 Å². The van der Waals surface area contributed by atoms with E-state index in [9.17, 15) is 9.18 Å². The van der Waals surface area contributed by atoms with Crippen LogP contribution in [0.3, 0.4) is 0 Å². The molecule has 3 nitrogen and oxygen atoms in total. The summed E-state index contributed by atoms with van der Waals surface area (Å²) in [4.78, 5) is 14.3. The molecule has 0 aromatic heterocycles. The Hall–Kier alpha value is -1.13. The molecule has 0 aliphatic carbocycles. The van der Waals surface area contributed by atoms with Crippen LogP contribution >= 0.6 is 12.4 Å². The summed E-state index contributed by atoms with van der Waals surface area (Å²) in [5.74, 6) is -0.606. The minimum absolute atomic E-state index is 0. The van der Waals surface area contributed by atoms with Crippen LogP contribution in [0.15, 0.2) is 18.2 Å². The molecule has 1 aromatic rings. The van der Waals surface area contributed by atoms with Gasteiger partial charge in [-0.2, -0.15) is 0 Å². The number of amides is 1. The Balaban J connectivity index is 0.00000200. The second-order valence-corrected chi connectivity index (χ2v) is 5.13. The second kappa shape index (κ2) is 7.60. The zero-order chi connectivity index (χ0) is 13.8. The van der Waals surface area contributed by atoms with Gasteiger partial charge in [0.05, 0.1) is 5.56 Å². The molecule has 1 aliphatic heterocycles. The number of carbonyl (C=O) groups is 1. The van der Waals surface area contributed by atoms with Crippen LogP contribution in [0.25, 0.3) is 0 Å². The van der Waals surface area contributed by atoms with E-state index in [0.717, 1.165) is 31.5 Å². The first kappa shape index (κ1) is 16.9. The van der Waals surface area contributed by atoms with Crippen LogP contribution in [0.2, 0.25) is 0 Å². The fourth-order valence-corrected chi connectivity index (χ4v) is 2.54. The van der Waals surface area contributed by atoms with Gasteiger partial charge in [0.2, 0.25) is 0 Å². The van der Waals surface area contributed by atoms with E-state index in [1.807, 2.05) is 18.7 Å². The SMILES string of the molecule is CCCN(C(=O)c1ccc(C)cc1F)C1CCNC1.Cl. The number of hydrogen-bond donors (Lipinski definition) is 1. The number of aryl methyl sites for hydroxylation is 1. The quantitative estimate of drug-likeness (QED) is 0.927. The largest absolute Gasteiger partial charge is 0.334 e. The molecule has 0 spiro atoms. The molecule has 1 fully saturated rings. The van der Waals surface area contributed by atoms with Crippen molar-refractivity contribution in [2.75, 3.05) is 19.6 Å². The van der Waals surface area contributed by atoms with Crippen LogP contribution in [0, 0.1) is 12.7 Å². The summed E-state index contributed by atoms with van der Waals surface area (Å²) in [6, 6.07) is 4.99. The Morgan fingerprint density at radius 2 is 2.25 bits per heavy atom. The molecule has 2 rings (SSSR count). The van der Waals surface area contributed by atoms with Crippen molar-refractivity contribution in [3.63, 3.8) is 0 Å². The van der Waals surface area contributed by atoms with Crippen molar-refractivity contribution in [2.45, 2.75) is 32.7 Å². The van der Waals surface area contributed by atoms with Gasteiger partial charge in [-0.05, 0) is 44.0 Å². The lowest BCUT2D eigenvalue weighted by Gasteiger charge is -2.28. The molecule has 0 radical (unpaired) electrons. The van der Waals surface area contributed by atoms with Gasteiger partial charge in [0.1, 0.15) is 5.82 Å². The number of nitrogens with zero attached hydrogens (tertiary/aromatic N) is 1. The highest BCUT2D eigenvalue weighted by molar-refractivity contribution is 5.94. The van der Waals surface area contributed by atoms with Gasteiger partial charge in [-0.1, -0.05) is 13.0 Å². The lowest BCUT2D eigenvalue weighted by Crippen LogP contribution is -2.42. The highest BCUT2D eigenvalue weighted by Gasteiger charge is 2.27. The summed E-state index contributed by atoms with van der Waals surface area (Å²) in [7, 11) is 0. The first-order valence-electron chi connectivity index (χ1n) is 6.91. The van der Waals surface area contributed by atoms with E-state index in [0.29, 0.717) is 6.54 Å². The molecule has 112 valence electrons. The maximum atomic E-state index is 13.9. The van der Waals surface area contributed by atoms with Crippen molar-refractivity contribution in [3.8, 4) is 0 Å². The molecule has 0 bridgehead atoms. The highest BCUT2D eigenvalue weighted by Crippen LogP contribution is 2.17. The number of nitrogens with one attached hydrogen (secondary N) is 1. The lowest BCUT2D eigenvalue weighted by molar-refractivity contribution is 0.0687. The summed E-state index contributed by atoms with van der Waals surface area (Å²) in [6.07, 6.45) is 1.83. The topological polar surface area (TPSA) is 32.3 Å². The summed E-state index contributed by atoms with van der Waals surface area (Å²) in [5, 5.41) is 3.25. The molecule has 20 heavy (non-hydrogen) atoms. The van der Waals surface area contributed by atoms with Gasteiger partial charge in [0, 0.05) is 19.1 Å². The van der Waals surface area contributed by atoms with E-state index in [4.69, 9.17) is 0 Å². The Bertz CT molecular complexity index is 461. The first-order valence-corrected chi connectivity index (χ1v) is 6.91. The van der Waals surface area contributed by atoms with Crippen molar-refractivity contribution in [1.82, 2.24) is 10.2 Å². The van der Waals surface area contributed by atoms with Gasteiger partial charge in [-0.15, -0.1) is 12.4 Å². The molecule has 1 amide bonds. The number of carbonyl (C=O) groups excluding carboxylic acids is 1. The number of rotatable bonds is 4. The fourth-order valence-electron chi connectivity index (χ4n) is 2.54. The maximum Gasteiger partial charge on any atom is 0.257 e. The molecular formula is C15H22ClFN2O. The maximum absolute atomic E-state index is 13.9. The fraction of sp³-hybridized carbons (Fsp3) is 0.533. The van der Waals surface area contributed by atoms with E-state index in [1.54, 1.807) is 12.1 Å². The van der Waals surface area contributed by atoms with Crippen LogP contribution < -0.4 is 5.32 Å². The third-order valence-corrected chi connectivity index (χ3v) is 3.56. The van der Waals surface area contributed by atoms with Gasteiger partial charge < -0.3 is 10.2 Å². The summed E-state index contributed by atoms with van der Waals surface area (Å²) < 4.78 is 13.9.